The average molecular weight is 412 g/mol. The molecule has 2 aromatic carbocycles. The van der Waals surface area contributed by atoms with E-state index in [1.165, 1.54) is 0 Å². The van der Waals surface area contributed by atoms with Gasteiger partial charge in [0.15, 0.2) is 11.9 Å². The topological polar surface area (TPSA) is 136 Å². The third kappa shape index (κ3) is 7.34. The molecule has 1 atom stereocenters. The lowest BCUT2D eigenvalue weighted by Crippen LogP contribution is -2.36. The number of hydrogen-bond donors (Lipinski definition) is 3. The number of carboxylic acids is 1. The molecule has 9 nitrogen and oxygen atoms in total. The molecule has 0 aliphatic rings. The van der Waals surface area contributed by atoms with Crippen LogP contribution in [-0.4, -0.2) is 40.4 Å². The summed E-state index contributed by atoms with van der Waals surface area (Å²) < 4.78 is 11.3. The van der Waals surface area contributed by atoms with Crippen molar-refractivity contribution in [2.75, 3.05) is 6.54 Å². The number of amidine groups is 1. The summed E-state index contributed by atoms with van der Waals surface area (Å²) in [5.41, 5.74) is 7.17. The van der Waals surface area contributed by atoms with Crippen molar-refractivity contribution in [1.29, 1.82) is 10.9 Å². The van der Waals surface area contributed by atoms with Gasteiger partial charge in [-0.1, -0.05) is 23.4 Å². The van der Waals surface area contributed by atoms with Crippen LogP contribution in [0.2, 0.25) is 0 Å². The Bertz CT molecular complexity index is 871. The number of benzene rings is 2. The quantitative estimate of drug-likeness (QED) is 0.206. The van der Waals surface area contributed by atoms with Gasteiger partial charge in [0, 0.05) is 12.8 Å². The monoisotopic (exact) mass is 412 g/mol. The van der Waals surface area contributed by atoms with Crippen molar-refractivity contribution < 1.29 is 24.2 Å². The van der Waals surface area contributed by atoms with Gasteiger partial charge in [0.1, 0.15) is 29.6 Å². The summed E-state index contributed by atoms with van der Waals surface area (Å²) in [5.74, 6) is 0.395. The molecule has 30 heavy (non-hydrogen) atoms. The normalized spacial score (nSPS) is 11.2. The lowest BCUT2D eigenvalue weighted by molar-refractivity contribution is -0.137. The molecule has 0 radical (unpaired) electrons. The second kappa shape index (κ2) is 11.3. The molecule has 9 heteroatoms. The second-order valence-corrected chi connectivity index (χ2v) is 6.46. The van der Waals surface area contributed by atoms with E-state index in [1.807, 2.05) is 30.3 Å². The molecule has 2 rings (SSSR count). The van der Waals surface area contributed by atoms with Gasteiger partial charge in [-0.2, -0.15) is 5.53 Å². The Labute approximate surface area is 174 Å². The number of rotatable bonds is 12. The number of carbonyl (C=O) groups excluding carboxylic acids is 1. The third-order valence-corrected chi connectivity index (χ3v) is 4.11. The predicted molar refractivity (Wildman–Crippen MR) is 109 cm³/mol. The number of nitrogens with zero attached hydrogens (tertiary/aromatic N) is 2. The maximum atomic E-state index is 12.4. The van der Waals surface area contributed by atoms with Gasteiger partial charge in [-0.25, -0.2) is 5.01 Å². The van der Waals surface area contributed by atoms with Crippen LogP contribution in [-0.2, 0) is 9.59 Å². The zero-order valence-electron chi connectivity index (χ0n) is 16.6. The van der Waals surface area contributed by atoms with Crippen LogP contribution in [0, 0.1) is 10.9 Å². The van der Waals surface area contributed by atoms with Crippen molar-refractivity contribution in [3.63, 3.8) is 0 Å². The molecule has 0 bridgehead atoms. The molecule has 3 N–H and O–H groups in total. The van der Waals surface area contributed by atoms with Crippen LogP contribution < -0.4 is 9.47 Å². The summed E-state index contributed by atoms with van der Waals surface area (Å²) in [6, 6.07) is 16.1. The molecule has 0 saturated carbocycles. The summed E-state index contributed by atoms with van der Waals surface area (Å²) in [4.78, 5) is 22.9. The van der Waals surface area contributed by atoms with Crippen LogP contribution in [0.4, 0.5) is 0 Å². The minimum atomic E-state index is -0.963. The number of ether oxygens (including phenoxy) is 2. The number of para-hydroxylation sites is 1. The maximum absolute atomic E-state index is 12.4. The Morgan fingerprint density at radius 1 is 1.03 bits per heavy atom. The molecule has 0 spiro atoms. The first-order valence-electron chi connectivity index (χ1n) is 9.35. The Kier molecular flexibility index (Phi) is 8.49. The van der Waals surface area contributed by atoms with Gasteiger partial charge in [-0.15, -0.1) is 0 Å². The molecule has 0 saturated heterocycles. The highest BCUT2D eigenvalue weighted by Gasteiger charge is 2.20. The highest BCUT2D eigenvalue weighted by molar-refractivity contribution is 5.89. The molecule has 0 aliphatic heterocycles. The minimum absolute atomic E-state index is 0.0887. The summed E-state index contributed by atoms with van der Waals surface area (Å²) in [6.45, 7) is 1.28. The second-order valence-electron chi connectivity index (χ2n) is 6.46. The molecule has 0 heterocycles. The van der Waals surface area contributed by atoms with Gasteiger partial charge in [0.05, 0.1) is 0 Å². The van der Waals surface area contributed by atoms with Crippen LogP contribution in [0.5, 0.6) is 17.2 Å². The average Bonchev–Trinajstić information content (AvgIpc) is 2.73. The van der Waals surface area contributed by atoms with Crippen molar-refractivity contribution in [2.45, 2.75) is 32.3 Å². The van der Waals surface area contributed by atoms with Crippen LogP contribution in [0.3, 0.4) is 0 Å². The summed E-state index contributed by atoms with van der Waals surface area (Å²) >= 11 is 0. The summed E-state index contributed by atoms with van der Waals surface area (Å²) in [5, 5.41) is 20.6. The number of carbonyl (C=O) groups is 2. The first-order valence-corrected chi connectivity index (χ1v) is 9.35. The van der Waals surface area contributed by atoms with E-state index in [-0.39, 0.29) is 37.4 Å². The molecular formula is C21H24N4O5. The SMILES string of the molecule is CC(Oc1ccc(Oc2ccccc2)cc1)C(=O)CN(N=N)C(=N)CCCC(=O)O. The van der Waals surface area contributed by atoms with E-state index in [0.717, 1.165) is 5.01 Å². The molecule has 2 aromatic rings. The fraction of sp³-hybridized carbons (Fsp3) is 0.286. The largest absolute Gasteiger partial charge is 0.483 e. The van der Waals surface area contributed by atoms with Crippen molar-refractivity contribution in [2.24, 2.45) is 5.22 Å². The fourth-order valence-corrected chi connectivity index (χ4v) is 2.48. The Balaban J connectivity index is 1.85. The standard InChI is InChI=1S/C21H24N4O5/c1-15(19(26)14-25(24-23)20(22)8-5-9-21(27)28)29-17-10-12-18(13-11-17)30-16-6-3-2-4-7-16/h2-4,6-7,10-13,15,22-23H,5,8-9,14H2,1H3,(H,27,28). The van der Waals surface area contributed by atoms with Gasteiger partial charge >= 0.3 is 5.97 Å². The van der Waals surface area contributed by atoms with Crippen molar-refractivity contribution >= 4 is 17.6 Å². The Hall–Kier alpha value is -3.75. The van der Waals surface area contributed by atoms with E-state index in [0.29, 0.717) is 17.2 Å². The first kappa shape index (κ1) is 22.5. The number of nitrogens with one attached hydrogen (secondary N) is 2. The Morgan fingerprint density at radius 2 is 1.63 bits per heavy atom. The zero-order chi connectivity index (χ0) is 21.9. The first-order chi connectivity index (χ1) is 14.4. The molecule has 0 fully saturated rings. The highest BCUT2D eigenvalue weighted by Crippen LogP contribution is 2.24. The fourth-order valence-electron chi connectivity index (χ4n) is 2.48. The lowest BCUT2D eigenvalue weighted by Gasteiger charge is -2.20. The van der Waals surface area contributed by atoms with Crippen LogP contribution in [0.25, 0.3) is 0 Å². The number of aliphatic carboxylic acids is 1. The molecular weight excluding hydrogens is 388 g/mol. The maximum Gasteiger partial charge on any atom is 0.303 e. The number of carboxylic acid groups (broad SMARTS) is 1. The molecule has 0 amide bonds. The molecule has 0 aromatic heterocycles. The highest BCUT2D eigenvalue weighted by atomic mass is 16.5. The molecule has 0 aliphatic carbocycles. The number of Topliss-reactive ketones (excluding diaryl/α,β-unsaturated/α-hetero) is 1. The smallest absolute Gasteiger partial charge is 0.303 e. The van der Waals surface area contributed by atoms with E-state index in [1.54, 1.807) is 31.2 Å². The van der Waals surface area contributed by atoms with E-state index in [2.05, 4.69) is 5.22 Å². The number of ketones is 1. The molecule has 1 unspecified atom stereocenters. The van der Waals surface area contributed by atoms with E-state index in [9.17, 15) is 9.59 Å². The lowest BCUT2D eigenvalue weighted by atomic mass is 10.2. The van der Waals surface area contributed by atoms with Crippen molar-refractivity contribution in [3.05, 3.63) is 54.6 Å². The van der Waals surface area contributed by atoms with E-state index in [4.69, 9.17) is 25.5 Å². The van der Waals surface area contributed by atoms with Crippen molar-refractivity contribution in [1.82, 2.24) is 5.01 Å². The van der Waals surface area contributed by atoms with Crippen LogP contribution >= 0.6 is 0 Å². The summed E-state index contributed by atoms with van der Waals surface area (Å²) in [7, 11) is 0. The van der Waals surface area contributed by atoms with E-state index >= 15 is 0 Å². The van der Waals surface area contributed by atoms with Gasteiger partial charge < -0.3 is 14.6 Å². The van der Waals surface area contributed by atoms with Gasteiger partial charge in [0.25, 0.3) is 0 Å². The van der Waals surface area contributed by atoms with Gasteiger partial charge in [-0.3, -0.25) is 15.0 Å². The van der Waals surface area contributed by atoms with Gasteiger partial charge in [0.2, 0.25) is 0 Å². The number of hydrogen-bond acceptors (Lipinski definition) is 7. The third-order valence-electron chi connectivity index (χ3n) is 4.11. The van der Waals surface area contributed by atoms with Crippen LogP contribution in [0.15, 0.2) is 59.8 Å². The van der Waals surface area contributed by atoms with E-state index < -0.39 is 12.1 Å². The predicted octanol–water partition coefficient (Wildman–Crippen LogP) is 4.30. The molecule has 158 valence electrons. The minimum Gasteiger partial charge on any atom is -0.483 e. The summed E-state index contributed by atoms with van der Waals surface area (Å²) in [6.07, 6.45) is -0.564. The van der Waals surface area contributed by atoms with Crippen molar-refractivity contribution in [3.8, 4) is 17.2 Å². The van der Waals surface area contributed by atoms with Crippen LogP contribution in [0.1, 0.15) is 26.2 Å². The van der Waals surface area contributed by atoms with Gasteiger partial charge in [-0.05, 0) is 49.7 Å². The zero-order valence-corrected chi connectivity index (χ0v) is 16.6. The Morgan fingerprint density at radius 3 is 2.23 bits per heavy atom.